The summed E-state index contributed by atoms with van der Waals surface area (Å²) in [5.41, 5.74) is 1.03. The van der Waals surface area contributed by atoms with E-state index >= 15 is 0 Å². The van der Waals surface area contributed by atoms with Crippen LogP contribution < -0.4 is 14.2 Å². The molecule has 2 aromatic rings. The lowest BCUT2D eigenvalue weighted by molar-refractivity contribution is 0.101. The van der Waals surface area contributed by atoms with E-state index in [1.807, 2.05) is 12.1 Å². The second kappa shape index (κ2) is 8.36. The number of aromatic nitrogens is 3. The third-order valence-electron chi connectivity index (χ3n) is 5.56. The second-order valence-electron chi connectivity index (χ2n) is 7.16. The summed E-state index contributed by atoms with van der Waals surface area (Å²) in [5, 5.41) is 8.85. The lowest BCUT2D eigenvalue weighted by Crippen LogP contribution is -2.27. The monoisotopic (exact) mass is 388 g/mol. The van der Waals surface area contributed by atoms with Gasteiger partial charge >= 0.3 is 0 Å². The first kappa shape index (κ1) is 19.0. The third-order valence-corrected chi connectivity index (χ3v) is 5.56. The van der Waals surface area contributed by atoms with Gasteiger partial charge in [-0.05, 0) is 12.8 Å². The molecule has 0 bridgehead atoms. The van der Waals surface area contributed by atoms with Gasteiger partial charge in [0.25, 0.3) is 0 Å². The van der Waals surface area contributed by atoms with Crippen molar-refractivity contribution in [1.82, 2.24) is 19.7 Å². The molecule has 1 atom stereocenters. The summed E-state index contributed by atoms with van der Waals surface area (Å²) < 4.78 is 24.6. The summed E-state index contributed by atoms with van der Waals surface area (Å²) in [4.78, 5) is 2.40. The van der Waals surface area contributed by atoms with Crippen LogP contribution in [-0.4, -0.2) is 60.7 Å². The maximum Gasteiger partial charge on any atom is 0.162 e. The molecule has 152 valence electrons. The van der Waals surface area contributed by atoms with Crippen molar-refractivity contribution in [1.29, 1.82) is 0 Å². The highest BCUT2D eigenvalue weighted by Gasteiger charge is 2.27. The Kier molecular flexibility index (Phi) is 5.68. The Bertz CT molecular complexity index is 792. The van der Waals surface area contributed by atoms with Crippen LogP contribution in [-0.2, 0) is 24.2 Å². The molecular weight excluding hydrogens is 360 g/mol. The summed E-state index contributed by atoms with van der Waals surface area (Å²) in [7, 11) is 4.99. The van der Waals surface area contributed by atoms with Gasteiger partial charge in [-0.1, -0.05) is 0 Å². The fourth-order valence-electron chi connectivity index (χ4n) is 4.02. The summed E-state index contributed by atoms with van der Waals surface area (Å²) in [5.74, 6) is 4.30. The normalized spacial score (nSPS) is 19.9. The lowest BCUT2D eigenvalue weighted by atomic mass is 10.1. The summed E-state index contributed by atoms with van der Waals surface area (Å²) in [6.07, 6.45) is 3.08. The van der Waals surface area contributed by atoms with Crippen LogP contribution in [0.5, 0.6) is 17.2 Å². The Hall–Kier alpha value is -2.32. The molecule has 0 N–H and O–H groups in total. The van der Waals surface area contributed by atoms with Crippen LogP contribution in [0.1, 0.15) is 36.2 Å². The van der Waals surface area contributed by atoms with Gasteiger partial charge in [-0.25, -0.2) is 0 Å². The molecule has 0 unspecified atom stereocenters. The Morgan fingerprint density at radius 3 is 2.46 bits per heavy atom. The van der Waals surface area contributed by atoms with Crippen molar-refractivity contribution in [3.05, 3.63) is 29.3 Å². The van der Waals surface area contributed by atoms with E-state index in [1.165, 1.54) is 0 Å². The van der Waals surface area contributed by atoms with E-state index in [0.717, 1.165) is 86.5 Å². The first-order valence-corrected chi connectivity index (χ1v) is 9.78. The maximum atomic E-state index is 5.83. The fraction of sp³-hybridized carbons (Fsp3) is 0.600. The first-order valence-electron chi connectivity index (χ1n) is 9.78. The highest BCUT2D eigenvalue weighted by Crippen LogP contribution is 2.35. The number of hydrogen-bond acceptors (Lipinski definition) is 7. The van der Waals surface area contributed by atoms with Crippen molar-refractivity contribution in [3.63, 3.8) is 0 Å². The second-order valence-corrected chi connectivity index (χ2v) is 7.16. The Morgan fingerprint density at radius 2 is 1.82 bits per heavy atom. The predicted octanol–water partition coefficient (Wildman–Crippen LogP) is 2.21. The average Bonchev–Trinajstić information content (AvgIpc) is 3.35. The van der Waals surface area contributed by atoms with Gasteiger partial charge in [-0.3, -0.25) is 4.90 Å². The molecule has 2 aliphatic rings. The third kappa shape index (κ3) is 3.66. The minimum absolute atomic E-state index is 0.0922. The SMILES string of the molecule is COc1cc(OC)c(CN2CCc3nnc([C@@H]4CCCO4)n3CC2)c(OC)c1. The minimum atomic E-state index is 0.0922. The quantitative estimate of drug-likeness (QED) is 0.751. The molecule has 2 aliphatic heterocycles. The van der Waals surface area contributed by atoms with Crippen LogP contribution in [0.25, 0.3) is 0 Å². The summed E-state index contributed by atoms with van der Waals surface area (Å²) in [6.45, 7) is 4.23. The van der Waals surface area contributed by atoms with E-state index in [0.29, 0.717) is 0 Å². The largest absolute Gasteiger partial charge is 0.496 e. The predicted molar refractivity (Wildman–Crippen MR) is 103 cm³/mol. The van der Waals surface area contributed by atoms with Gasteiger partial charge in [0.05, 0.1) is 26.9 Å². The van der Waals surface area contributed by atoms with Crippen molar-refractivity contribution in [2.75, 3.05) is 41.0 Å². The van der Waals surface area contributed by atoms with Crippen molar-refractivity contribution in [3.8, 4) is 17.2 Å². The van der Waals surface area contributed by atoms with Crippen LogP contribution in [0.15, 0.2) is 12.1 Å². The highest BCUT2D eigenvalue weighted by atomic mass is 16.5. The number of nitrogens with zero attached hydrogens (tertiary/aromatic N) is 4. The van der Waals surface area contributed by atoms with E-state index in [2.05, 4.69) is 19.7 Å². The standard InChI is InChI=1S/C20H28N4O4/c1-25-14-11-17(26-2)15(18(12-14)27-3)13-23-7-6-19-21-22-20(24(19)9-8-23)16-5-4-10-28-16/h11-12,16H,4-10,13H2,1-3H3/t16-/m0/s1. The Morgan fingerprint density at radius 1 is 1.04 bits per heavy atom. The smallest absolute Gasteiger partial charge is 0.162 e. The van der Waals surface area contributed by atoms with Crippen LogP contribution >= 0.6 is 0 Å². The molecule has 0 aliphatic carbocycles. The molecule has 0 saturated carbocycles. The van der Waals surface area contributed by atoms with Gasteiger partial charge in [-0.2, -0.15) is 0 Å². The van der Waals surface area contributed by atoms with Crippen molar-refractivity contribution < 1.29 is 18.9 Å². The zero-order valence-corrected chi connectivity index (χ0v) is 16.8. The fourth-order valence-corrected chi connectivity index (χ4v) is 4.02. The van der Waals surface area contributed by atoms with E-state index in [1.54, 1.807) is 21.3 Å². The van der Waals surface area contributed by atoms with Crippen LogP contribution in [0.4, 0.5) is 0 Å². The molecule has 0 amide bonds. The van der Waals surface area contributed by atoms with Gasteiger partial charge in [0, 0.05) is 51.3 Å². The minimum Gasteiger partial charge on any atom is -0.496 e. The number of fused-ring (bicyclic) bond motifs is 1. The maximum absolute atomic E-state index is 5.83. The lowest BCUT2D eigenvalue weighted by Gasteiger charge is -2.23. The van der Waals surface area contributed by atoms with E-state index < -0.39 is 0 Å². The number of methoxy groups -OCH3 is 3. The van der Waals surface area contributed by atoms with Gasteiger partial charge in [0.2, 0.25) is 0 Å². The van der Waals surface area contributed by atoms with Crippen molar-refractivity contribution in [2.24, 2.45) is 0 Å². The molecule has 0 spiro atoms. The molecule has 0 radical (unpaired) electrons. The topological polar surface area (TPSA) is 70.9 Å². The average molecular weight is 388 g/mol. The highest BCUT2D eigenvalue weighted by molar-refractivity contribution is 5.50. The number of benzene rings is 1. The number of hydrogen-bond donors (Lipinski definition) is 0. The summed E-state index contributed by atoms with van der Waals surface area (Å²) >= 11 is 0. The first-order chi connectivity index (χ1) is 13.7. The molecule has 1 saturated heterocycles. The van der Waals surface area contributed by atoms with E-state index in [9.17, 15) is 0 Å². The van der Waals surface area contributed by atoms with Gasteiger partial charge in [-0.15, -0.1) is 10.2 Å². The molecule has 4 rings (SSSR count). The van der Waals surface area contributed by atoms with Crippen molar-refractivity contribution in [2.45, 2.75) is 38.5 Å². The van der Waals surface area contributed by atoms with Gasteiger partial charge < -0.3 is 23.5 Å². The van der Waals surface area contributed by atoms with E-state index in [-0.39, 0.29) is 6.10 Å². The molecule has 1 aromatic carbocycles. The van der Waals surface area contributed by atoms with Crippen LogP contribution in [0, 0.1) is 0 Å². The van der Waals surface area contributed by atoms with Crippen LogP contribution in [0.3, 0.4) is 0 Å². The van der Waals surface area contributed by atoms with Crippen molar-refractivity contribution >= 4 is 0 Å². The van der Waals surface area contributed by atoms with Gasteiger partial charge in [0.1, 0.15) is 29.2 Å². The molecule has 1 fully saturated rings. The Labute approximate surface area is 165 Å². The number of rotatable bonds is 6. The zero-order chi connectivity index (χ0) is 19.5. The zero-order valence-electron chi connectivity index (χ0n) is 16.8. The number of ether oxygens (including phenoxy) is 4. The molecule has 3 heterocycles. The van der Waals surface area contributed by atoms with Gasteiger partial charge in [0.15, 0.2) is 5.82 Å². The Balaban J connectivity index is 1.51. The molecule has 8 heteroatoms. The molecular formula is C20H28N4O4. The van der Waals surface area contributed by atoms with Crippen LogP contribution in [0.2, 0.25) is 0 Å². The molecule has 8 nitrogen and oxygen atoms in total. The molecule has 1 aromatic heterocycles. The van der Waals surface area contributed by atoms with E-state index in [4.69, 9.17) is 18.9 Å². The molecule has 28 heavy (non-hydrogen) atoms. The summed E-state index contributed by atoms with van der Waals surface area (Å²) in [6, 6.07) is 3.81.